The standard InChI is InChI=1S/C9H18N6O/c1-3-5-10-7-12-8(11-6-4-2)14-9(13-7)15-16/h16H,3-6H2,1-2H3,(H3,10,11,12,13,14,15). The molecule has 0 saturated heterocycles. The molecule has 0 aliphatic rings. The molecule has 0 spiro atoms. The van der Waals surface area contributed by atoms with Gasteiger partial charge in [-0.2, -0.15) is 15.0 Å². The number of anilines is 3. The van der Waals surface area contributed by atoms with Gasteiger partial charge in [-0.1, -0.05) is 13.8 Å². The van der Waals surface area contributed by atoms with Gasteiger partial charge in [-0.05, 0) is 12.8 Å². The van der Waals surface area contributed by atoms with E-state index in [0.29, 0.717) is 11.9 Å². The van der Waals surface area contributed by atoms with Gasteiger partial charge in [0.25, 0.3) is 5.95 Å². The highest BCUT2D eigenvalue weighted by molar-refractivity contribution is 5.40. The second kappa shape index (κ2) is 6.78. The van der Waals surface area contributed by atoms with Crippen LogP contribution in [0.25, 0.3) is 0 Å². The van der Waals surface area contributed by atoms with E-state index >= 15 is 0 Å². The third-order valence-electron chi connectivity index (χ3n) is 1.80. The maximum absolute atomic E-state index is 8.78. The second-order valence-corrected chi connectivity index (χ2v) is 3.27. The molecule has 1 aromatic rings. The van der Waals surface area contributed by atoms with Crippen molar-refractivity contribution in [1.29, 1.82) is 0 Å². The summed E-state index contributed by atoms with van der Waals surface area (Å²) in [5.74, 6) is 1.03. The zero-order valence-corrected chi connectivity index (χ0v) is 9.62. The van der Waals surface area contributed by atoms with E-state index in [1.54, 1.807) is 0 Å². The lowest BCUT2D eigenvalue weighted by atomic mass is 10.5. The monoisotopic (exact) mass is 226 g/mol. The van der Waals surface area contributed by atoms with Gasteiger partial charge in [0.2, 0.25) is 11.9 Å². The number of hydrogen-bond acceptors (Lipinski definition) is 7. The van der Waals surface area contributed by atoms with Crippen molar-refractivity contribution in [3.63, 3.8) is 0 Å². The molecule has 0 atom stereocenters. The maximum atomic E-state index is 8.78. The van der Waals surface area contributed by atoms with E-state index in [9.17, 15) is 0 Å². The maximum Gasteiger partial charge on any atom is 0.253 e. The predicted molar refractivity (Wildman–Crippen MR) is 62.8 cm³/mol. The Balaban J connectivity index is 2.74. The van der Waals surface area contributed by atoms with Crippen molar-refractivity contribution in [2.45, 2.75) is 26.7 Å². The number of nitrogens with zero attached hydrogens (tertiary/aromatic N) is 3. The molecule has 0 aliphatic heterocycles. The lowest BCUT2D eigenvalue weighted by molar-refractivity contribution is 0.382. The average molecular weight is 226 g/mol. The molecule has 0 bridgehead atoms. The fourth-order valence-electron chi connectivity index (χ4n) is 1.06. The van der Waals surface area contributed by atoms with Gasteiger partial charge in [0.1, 0.15) is 0 Å². The van der Waals surface area contributed by atoms with Gasteiger partial charge in [0.05, 0.1) is 0 Å². The molecule has 1 aromatic heterocycles. The van der Waals surface area contributed by atoms with Crippen LogP contribution in [0.4, 0.5) is 17.8 Å². The van der Waals surface area contributed by atoms with Gasteiger partial charge in [-0.3, -0.25) is 5.21 Å². The molecule has 90 valence electrons. The molecule has 16 heavy (non-hydrogen) atoms. The SMILES string of the molecule is CCCNc1nc(NO)nc(NCCC)n1. The highest BCUT2D eigenvalue weighted by atomic mass is 16.5. The third-order valence-corrected chi connectivity index (χ3v) is 1.80. The van der Waals surface area contributed by atoms with Crippen LogP contribution in [0.5, 0.6) is 0 Å². The van der Waals surface area contributed by atoms with Crippen molar-refractivity contribution >= 4 is 17.8 Å². The molecule has 0 radical (unpaired) electrons. The van der Waals surface area contributed by atoms with Crippen molar-refractivity contribution in [3.8, 4) is 0 Å². The Morgan fingerprint density at radius 1 is 0.875 bits per heavy atom. The molecule has 0 amide bonds. The van der Waals surface area contributed by atoms with E-state index < -0.39 is 0 Å². The normalized spacial score (nSPS) is 9.94. The van der Waals surface area contributed by atoms with Crippen LogP contribution < -0.4 is 16.1 Å². The third kappa shape index (κ3) is 3.85. The van der Waals surface area contributed by atoms with E-state index in [1.165, 1.54) is 0 Å². The molecule has 0 unspecified atom stereocenters. The first kappa shape index (κ1) is 12.4. The molecule has 7 nitrogen and oxygen atoms in total. The van der Waals surface area contributed by atoms with Crippen molar-refractivity contribution in [2.24, 2.45) is 0 Å². The summed E-state index contributed by atoms with van der Waals surface area (Å²) in [4.78, 5) is 12.1. The quantitative estimate of drug-likeness (QED) is 0.521. The second-order valence-electron chi connectivity index (χ2n) is 3.27. The summed E-state index contributed by atoms with van der Waals surface area (Å²) in [5, 5.41) is 14.8. The van der Waals surface area contributed by atoms with Gasteiger partial charge in [0.15, 0.2) is 0 Å². The summed E-state index contributed by atoms with van der Waals surface area (Å²) < 4.78 is 0. The van der Waals surface area contributed by atoms with Crippen molar-refractivity contribution in [2.75, 3.05) is 29.2 Å². The predicted octanol–water partition coefficient (Wildman–Crippen LogP) is 1.32. The summed E-state index contributed by atoms with van der Waals surface area (Å²) >= 11 is 0. The molecule has 4 N–H and O–H groups in total. The van der Waals surface area contributed by atoms with Crippen LogP contribution in [-0.4, -0.2) is 33.2 Å². The fraction of sp³-hybridized carbons (Fsp3) is 0.667. The largest absolute Gasteiger partial charge is 0.354 e. The van der Waals surface area contributed by atoms with E-state index in [4.69, 9.17) is 5.21 Å². The minimum atomic E-state index is 0.132. The first-order valence-corrected chi connectivity index (χ1v) is 5.44. The fourth-order valence-corrected chi connectivity index (χ4v) is 1.06. The molecule has 0 fully saturated rings. The van der Waals surface area contributed by atoms with Crippen molar-refractivity contribution in [1.82, 2.24) is 15.0 Å². The van der Waals surface area contributed by atoms with E-state index in [1.807, 2.05) is 5.48 Å². The number of hydrogen-bond donors (Lipinski definition) is 4. The summed E-state index contributed by atoms with van der Waals surface area (Å²) in [6.45, 7) is 5.66. The highest BCUT2D eigenvalue weighted by Crippen LogP contribution is 2.08. The molecular weight excluding hydrogens is 208 g/mol. The van der Waals surface area contributed by atoms with Crippen molar-refractivity contribution in [3.05, 3.63) is 0 Å². The van der Waals surface area contributed by atoms with Gasteiger partial charge in [-0.25, -0.2) is 5.48 Å². The Morgan fingerprint density at radius 3 is 1.69 bits per heavy atom. The van der Waals surface area contributed by atoms with Gasteiger partial charge >= 0.3 is 0 Å². The molecule has 7 heteroatoms. The number of nitrogens with one attached hydrogen (secondary N) is 3. The van der Waals surface area contributed by atoms with Crippen LogP contribution in [0, 0.1) is 0 Å². The molecule has 0 aromatic carbocycles. The van der Waals surface area contributed by atoms with Gasteiger partial charge in [0, 0.05) is 13.1 Å². The Morgan fingerprint density at radius 2 is 1.31 bits per heavy atom. The van der Waals surface area contributed by atoms with Crippen LogP contribution >= 0.6 is 0 Å². The summed E-state index contributed by atoms with van der Waals surface area (Å²) in [6.07, 6.45) is 1.95. The topological polar surface area (TPSA) is 95.0 Å². The minimum Gasteiger partial charge on any atom is -0.354 e. The van der Waals surface area contributed by atoms with Gasteiger partial charge < -0.3 is 10.6 Å². The summed E-state index contributed by atoms with van der Waals surface area (Å²) in [6, 6.07) is 0. The Hall–Kier alpha value is -1.63. The summed E-state index contributed by atoms with van der Waals surface area (Å²) in [5.41, 5.74) is 1.92. The van der Waals surface area contributed by atoms with Crippen LogP contribution in [0.2, 0.25) is 0 Å². The lowest BCUT2D eigenvalue weighted by Gasteiger charge is -2.08. The van der Waals surface area contributed by atoms with Crippen LogP contribution in [-0.2, 0) is 0 Å². The molecule has 1 rings (SSSR count). The Labute approximate surface area is 94.7 Å². The number of aromatic nitrogens is 3. The minimum absolute atomic E-state index is 0.132. The lowest BCUT2D eigenvalue weighted by Crippen LogP contribution is -2.12. The van der Waals surface area contributed by atoms with Crippen LogP contribution in [0.1, 0.15) is 26.7 Å². The zero-order valence-electron chi connectivity index (χ0n) is 9.62. The van der Waals surface area contributed by atoms with E-state index in [-0.39, 0.29) is 5.95 Å². The Bertz CT molecular complexity index is 293. The first-order valence-electron chi connectivity index (χ1n) is 5.44. The molecule has 1 heterocycles. The zero-order chi connectivity index (χ0) is 11.8. The van der Waals surface area contributed by atoms with Crippen LogP contribution in [0.3, 0.4) is 0 Å². The van der Waals surface area contributed by atoms with E-state index in [0.717, 1.165) is 25.9 Å². The first-order chi connectivity index (χ1) is 7.80. The van der Waals surface area contributed by atoms with Crippen LogP contribution in [0.15, 0.2) is 0 Å². The molecular formula is C9H18N6O. The summed E-state index contributed by atoms with van der Waals surface area (Å²) in [7, 11) is 0. The van der Waals surface area contributed by atoms with Gasteiger partial charge in [-0.15, -0.1) is 0 Å². The van der Waals surface area contributed by atoms with Crippen molar-refractivity contribution < 1.29 is 5.21 Å². The molecule has 0 saturated carbocycles. The highest BCUT2D eigenvalue weighted by Gasteiger charge is 2.04. The molecule has 0 aliphatic carbocycles. The average Bonchev–Trinajstić information content (AvgIpc) is 2.33. The smallest absolute Gasteiger partial charge is 0.253 e. The number of rotatable bonds is 7. The van der Waals surface area contributed by atoms with E-state index in [2.05, 4.69) is 39.4 Å². The Kier molecular flexibility index (Phi) is 5.27.